The van der Waals surface area contributed by atoms with E-state index in [0.717, 1.165) is 15.4 Å². The Balaban J connectivity index is 1.18. The van der Waals surface area contributed by atoms with Crippen LogP contribution in [-0.2, 0) is 64.0 Å². The van der Waals surface area contributed by atoms with Gasteiger partial charge in [0.15, 0.2) is 11.3 Å². The van der Waals surface area contributed by atoms with E-state index in [9.17, 15) is 43.2 Å². The lowest BCUT2D eigenvalue weighted by molar-refractivity contribution is -0.163. The summed E-state index contributed by atoms with van der Waals surface area (Å²) in [5.74, 6) is -11.6. The Morgan fingerprint density at radius 3 is 1.52 bits per heavy atom. The number of carbonyl (C=O) groups excluding carboxylic acids is 12. The van der Waals surface area contributed by atoms with Gasteiger partial charge in [-0.25, -0.2) is 14.6 Å². The minimum atomic E-state index is -1.92. The Morgan fingerprint density at radius 1 is 0.610 bits per heavy atom. The van der Waals surface area contributed by atoms with Crippen molar-refractivity contribution in [2.45, 2.75) is 176 Å². The number of rotatable bonds is 13. The Hall–Kier alpha value is -10.7. The molecule has 1 aliphatic carbocycles. The van der Waals surface area contributed by atoms with Gasteiger partial charge in [0.25, 0.3) is 11.8 Å². The van der Waals surface area contributed by atoms with Crippen molar-refractivity contribution in [2.75, 3.05) is 65.4 Å². The quantitative estimate of drug-likeness (QED) is 0.0548. The molecule has 7 N–H and O–H groups in total. The van der Waals surface area contributed by atoms with Gasteiger partial charge in [-0.15, -0.1) is 0 Å². The molecule has 10 atom stereocenters. The van der Waals surface area contributed by atoms with Crippen LogP contribution in [-0.4, -0.2) is 220 Å². The summed E-state index contributed by atoms with van der Waals surface area (Å²) in [6.07, 6.45) is -1.82. The minimum absolute atomic E-state index is 0.110. The average Bonchev–Trinajstić information content (AvgIpc) is 1.08. The molecule has 0 bridgehead atoms. The second-order valence-corrected chi connectivity index (χ2v) is 29.1. The van der Waals surface area contributed by atoms with E-state index in [4.69, 9.17) is 29.3 Å². The highest BCUT2D eigenvalue weighted by Crippen LogP contribution is 2.38. The molecule has 3 aromatic carbocycles. The number of para-hydroxylation sites is 1. The van der Waals surface area contributed by atoms with Crippen LogP contribution < -0.4 is 42.5 Å². The summed E-state index contributed by atoms with van der Waals surface area (Å²) < 4.78 is 24.8. The predicted molar refractivity (Wildman–Crippen MR) is 386 cm³/mol. The summed E-state index contributed by atoms with van der Waals surface area (Å²) in [5.41, 5.74) is 4.31. The lowest BCUT2D eigenvalue weighted by Crippen LogP contribution is -2.61. The number of nitrogens with zero attached hydrogens (tertiary/aromatic N) is 7. The molecule has 5 aliphatic heterocycles. The molecule has 0 radical (unpaired) electrons. The molecule has 10 amide bonds. The molecule has 4 fully saturated rings. The summed E-state index contributed by atoms with van der Waals surface area (Å²) in [6.45, 7) is 18.4. The number of amides is 10. The number of hydrogen-bond acceptors (Lipinski definition) is 20. The van der Waals surface area contributed by atoms with E-state index in [1.807, 2.05) is 42.5 Å². The largest absolute Gasteiger partial charge is 0.458 e. The Bertz CT molecular complexity index is 4240. The molecule has 6 aliphatic rings. The molecule has 105 heavy (non-hydrogen) atoms. The van der Waals surface area contributed by atoms with Crippen LogP contribution in [0, 0.1) is 37.5 Å². The molecule has 30 nitrogen and oxygen atoms in total. The first kappa shape index (κ1) is 78.5. The molecule has 564 valence electrons. The molecule has 5 heterocycles. The number of nitrogen functional groups attached to an aromatic ring is 1. The zero-order valence-electron chi connectivity index (χ0n) is 62.4. The van der Waals surface area contributed by atoms with Gasteiger partial charge in [-0.3, -0.25) is 52.7 Å². The molecule has 30 heteroatoms. The van der Waals surface area contributed by atoms with Gasteiger partial charge in [-0.1, -0.05) is 85.7 Å². The van der Waals surface area contributed by atoms with E-state index >= 15 is 19.2 Å². The number of nitrogens with two attached hydrogens (primary N) is 1. The molecule has 0 spiro atoms. The van der Waals surface area contributed by atoms with Gasteiger partial charge in [0, 0.05) is 64.6 Å². The third-order valence-corrected chi connectivity index (χ3v) is 20.1. The second kappa shape index (κ2) is 32.5. The third-order valence-electron chi connectivity index (χ3n) is 20.1. The van der Waals surface area contributed by atoms with Crippen LogP contribution in [0.5, 0.6) is 11.5 Å². The summed E-state index contributed by atoms with van der Waals surface area (Å²) in [6, 6.07) is 6.68. The summed E-state index contributed by atoms with van der Waals surface area (Å²) in [4.78, 5) is 203. The van der Waals surface area contributed by atoms with Crippen molar-refractivity contribution in [2.24, 2.45) is 23.7 Å². The Kier molecular flexibility index (Phi) is 24.3. The predicted octanol–water partition coefficient (Wildman–Crippen LogP) is 4.13. The lowest BCUT2D eigenvalue weighted by atomic mass is 9.98. The number of ether oxygens (including phenoxy) is 3. The van der Waals surface area contributed by atoms with Crippen LogP contribution >= 0.6 is 0 Å². The van der Waals surface area contributed by atoms with Gasteiger partial charge in [-0.05, 0) is 113 Å². The number of nitrogens with one attached hydrogen (secondary N) is 5. The highest BCUT2D eigenvalue weighted by atomic mass is 16.6. The van der Waals surface area contributed by atoms with E-state index in [2.05, 4.69) is 26.6 Å². The van der Waals surface area contributed by atoms with Gasteiger partial charge >= 0.3 is 11.9 Å². The minimum Gasteiger partial charge on any atom is -0.458 e. The monoisotopic (exact) mass is 1450 g/mol. The van der Waals surface area contributed by atoms with Crippen molar-refractivity contribution in [1.29, 1.82) is 0 Å². The first-order chi connectivity index (χ1) is 49.5. The molecular weight excluding hydrogens is 1350 g/mol. The van der Waals surface area contributed by atoms with Gasteiger partial charge in [0.1, 0.15) is 83.3 Å². The van der Waals surface area contributed by atoms with Gasteiger partial charge in [0.05, 0.1) is 29.9 Å². The fourth-order valence-corrected chi connectivity index (χ4v) is 14.0. The van der Waals surface area contributed by atoms with Crippen molar-refractivity contribution >= 4 is 93.5 Å². The van der Waals surface area contributed by atoms with Crippen molar-refractivity contribution in [3.63, 3.8) is 0 Å². The van der Waals surface area contributed by atoms with Crippen LogP contribution in [0.4, 0.5) is 11.4 Å². The van der Waals surface area contributed by atoms with E-state index in [0.29, 0.717) is 29.9 Å². The number of aromatic nitrogens is 1. The standard InChI is InChI=1S/C75H97N13O17/c1-36(2)55-72(98)87-30-20-24-49(87)70(96)83(13)34-51(89)85(15)61(38(5)6)74(100)102-42(11)57(68(94)79-55)81-66(92)47-32-48(77-33-44-26-28-46(29-27-44)104-45-22-18-17-19-23-45)40(9)64-59(47)78-60-53(54(76)63(91)41(10)65(60)105-64)67(93)82-58-43(12)103-75(101)62(39(7)8)86(16)52(90)35-84(14)71(97)50-25-21-31-88(50)73(99)56(37(3)4)80-69(58)95/h17-19,22-23,26-29,32,36-39,42-43,49-50,55-58,61-62,77H,20-21,24-25,30-31,33-35,76H2,1-16H3,(H,79,94)(H,80,95)(H,81,92)(H,82,93). The second-order valence-electron chi connectivity index (χ2n) is 29.1. The molecule has 10 unspecified atom stereocenters. The zero-order valence-corrected chi connectivity index (χ0v) is 62.4. The number of aryl methyl sites for hydroxylation is 1. The summed E-state index contributed by atoms with van der Waals surface area (Å²) in [5, 5.41) is 14.2. The van der Waals surface area contributed by atoms with Crippen molar-refractivity contribution in [3.8, 4) is 23.0 Å². The fourth-order valence-electron chi connectivity index (χ4n) is 14.0. The summed E-state index contributed by atoms with van der Waals surface area (Å²) in [7, 11) is 5.59. The Morgan fingerprint density at radius 2 is 1.07 bits per heavy atom. The van der Waals surface area contributed by atoms with Gasteiger partial charge < -0.3 is 80.3 Å². The summed E-state index contributed by atoms with van der Waals surface area (Å²) >= 11 is 0. The normalized spacial score (nSPS) is 24.0. The number of fused-ring (bicyclic) bond motifs is 4. The number of anilines is 2. The van der Waals surface area contributed by atoms with E-state index < -0.39 is 191 Å². The van der Waals surface area contributed by atoms with E-state index in [-0.39, 0.29) is 66.2 Å². The van der Waals surface area contributed by atoms with Crippen LogP contribution in [0.2, 0.25) is 0 Å². The number of benzene rings is 4. The number of likely N-dealkylation sites (N-methyl/N-ethyl adjacent to an activating group) is 4. The third kappa shape index (κ3) is 16.6. The first-order valence-corrected chi connectivity index (χ1v) is 35.5. The van der Waals surface area contributed by atoms with Crippen LogP contribution in [0.15, 0.2) is 69.9 Å². The number of carbonyl (C=O) groups is 12. The van der Waals surface area contributed by atoms with Crippen LogP contribution in [0.25, 0.3) is 22.6 Å². The van der Waals surface area contributed by atoms with Crippen LogP contribution in [0.3, 0.4) is 0 Å². The number of esters is 2. The smallest absolute Gasteiger partial charge is 0.329 e. The lowest BCUT2D eigenvalue weighted by Gasteiger charge is -2.36. The van der Waals surface area contributed by atoms with Crippen molar-refractivity contribution < 1.29 is 76.2 Å². The molecule has 0 saturated carbocycles. The highest BCUT2D eigenvalue weighted by Gasteiger charge is 2.47. The first-order valence-electron chi connectivity index (χ1n) is 35.5. The van der Waals surface area contributed by atoms with E-state index in [1.54, 1.807) is 74.4 Å². The topological polar surface area (TPSA) is 381 Å². The molecular formula is C75H97N13O17. The molecule has 3 aromatic rings. The fraction of sp³-hybridized carbons (Fsp3) is 0.520. The van der Waals surface area contributed by atoms with Crippen molar-refractivity contribution in [1.82, 2.24) is 55.7 Å². The SMILES string of the molecule is Cc1c2oc3c(C)c(NCc4ccc(Oc5ccccc5)cc4)cc(C(=O)NC4C(=O)NC(C(C)C)C(=O)N5CCCC5C(=O)N(C)CC(=O)N(C)C(C(C)C)C(=O)OC4C)c3nc-2c(C(=O)NC2C(=O)NC(C(C)C)C(=O)N3CCCC3C(=O)N(C)CC(=O)N(C)C(C(C)C)C(=O)OC2C)c(N)c1=O. The highest BCUT2D eigenvalue weighted by molar-refractivity contribution is 6.11. The molecule has 4 saturated heterocycles. The van der Waals surface area contributed by atoms with Gasteiger partial charge in [-0.2, -0.15) is 0 Å². The van der Waals surface area contributed by atoms with E-state index in [1.165, 1.54) is 74.6 Å². The van der Waals surface area contributed by atoms with Crippen molar-refractivity contribution in [3.05, 3.63) is 98.7 Å². The van der Waals surface area contributed by atoms with Gasteiger partial charge in [0.2, 0.25) is 52.7 Å². The molecule has 9 rings (SSSR count). The number of hydrogen-bond donors (Lipinski definition) is 6. The van der Waals surface area contributed by atoms with Crippen LogP contribution in [0.1, 0.15) is 132 Å². The number of cyclic esters (lactones) is 2. The maximum Gasteiger partial charge on any atom is 0.329 e. The molecule has 0 aromatic heterocycles. The Labute approximate surface area is 609 Å². The average molecular weight is 1450 g/mol. The maximum absolute atomic E-state index is 15.8. The maximum atomic E-state index is 15.8. The zero-order chi connectivity index (χ0) is 77.1.